The summed E-state index contributed by atoms with van der Waals surface area (Å²) in [6.07, 6.45) is 5.76. The molecule has 0 unspecified atom stereocenters. The van der Waals surface area contributed by atoms with Crippen LogP contribution in [-0.2, 0) is 13.0 Å². The highest BCUT2D eigenvalue weighted by molar-refractivity contribution is 5.18. The summed E-state index contributed by atoms with van der Waals surface area (Å²) in [6, 6.07) is 10.4. The molecule has 0 radical (unpaired) electrons. The molecule has 0 fully saturated rings. The Morgan fingerprint density at radius 2 is 1.90 bits per heavy atom. The Bertz CT molecular complexity index is 523. The molecule has 1 heterocycles. The van der Waals surface area contributed by atoms with Gasteiger partial charge in [-0.1, -0.05) is 51.1 Å². The molecule has 2 N–H and O–H groups in total. The zero-order valence-electron chi connectivity index (χ0n) is 12.7. The smallest absolute Gasteiger partial charge is 0.0948 e. The Kier molecular flexibility index (Phi) is 4.61. The largest absolute Gasteiger partial charge is 0.333 e. The fourth-order valence-corrected chi connectivity index (χ4v) is 2.26. The number of nitrogens with zero attached hydrogens (tertiary/aromatic N) is 2. The average molecular weight is 271 g/mol. The normalized spacial score (nSPS) is 13.4. The topological polar surface area (TPSA) is 43.8 Å². The molecule has 1 aromatic heterocycles. The van der Waals surface area contributed by atoms with E-state index >= 15 is 0 Å². The highest BCUT2D eigenvalue weighted by Gasteiger charge is 2.15. The van der Waals surface area contributed by atoms with E-state index in [-0.39, 0.29) is 6.04 Å². The fraction of sp³-hybridized carbons (Fsp3) is 0.471. The van der Waals surface area contributed by atoms with Crippen molar-refractivity contribution in [1.82, 2.24) is 9.55 Å². The van der Waals surface area contributed by atoms with Crippen molar-refractivity contribution >= 4 is 0 Å². The van der Waals surface area contributed by atoms with Gasteiger partial charge in [-0.25, -0.2) is 4.98 Å². The molecule has 0 spiro atoms. The first-order valence-electron chi connectivity index (χ1n) is 7.25. The molecular weight excluding hydrogens is 246 g/mol. The number of aryl methyl sites for hydroxylation is 1. The van der Waals surface area contributed by atoms with Crippen molar-refractivity contribution in [3.05, 3.63) is 54.1 Å². The van der Waals surface area contributed by atoms with E-state index in [0.717, 1.165) is 25.1 Å². The van der Waals surface area contributed by atoms with Gasteiger partial charge in [0.15, 0.2) is 0 Å². The van der Waals surface area contributed by atoms with E-state index < -0.39 is 0 Å². The number of nitrogens with two attached hydrogens (primary N) is 1. The van der Waals surface area contributed by atoms with Gasteiger partial charge in [-0.15, -0.1) is 0 Å². The van der Waals surface area contributed by atoms with Gasteiger partial charge < -0.3 is 10.3 Å². The molecule has 2 rings (SSSR count). The second-order valence-corrected chi connectivity index (χ2v) is 6.62. The minimum absolute atomic E-state index is 0.000122. The Morgan fingerprint density at radius 3 is 2.55 bits per heavy atom. The SMILES string of the molecule is CC(C)(C)CCn1cncc1[C@H](N)Cc1ccccc1. The molecule has 20 heavy (non-hydrogen) atoms. The molecule has 0 saturated heterocycles. The van der Waals surface area contributed by atoms with Crippen molar-refractivity contribution in [2.75, 3.05) is 0 Å². The zero-order chi connectivity index (χ0) is 14.6. The first-order chi connectivity index (χ1) is 9.46. The molecule has 0 bridgehead atoms. The molecule has 108 valence electrons. The predicted molar refractivity (Wildman–Crippen MR) is 83.4 cm³/mol. The van der Waals surface area contributed by atoms with Gasteiger partial charge in [-0.3, -0.25) is 0 Å². The Balaban J connectivity index is 2.03. The lowest BCUT2D eigenvalue weighted by Gasteiger charge is -2.20. The third kappa shape index (κ3) is 4.20. The van der Waals surface area contributed by atoms with Crippen molar-refractivity contribution in [1.29, 1.82) is 0 Å². The van der Waals surface area contributed by atoms with Crippen molar-refractivity contribution in [3.63, 3.8) is 0 Å². The van der Waals surface area contributed by atoms with Crippen LogP contribution in [0.5, 0.6) is 0 Å². The van der Waals surface area contributed by atoms with Crippen LogP contribution in [0.4, 0.5) is 0 Å². The quantitative estimate of drug-likeness (QED) is 0.903. The second-order valence-electron chi connectivity index (χ2n) is 6.62. The molecule has 1 aromatic carbocycles. The molecule has 2 aromatic rings. The van der Waals surface area contributed by atoms with Crippen LogP contribution < -0.4 is 5.73 Å². The average Bonchev–Trinajstić information content (AvgIpc) is 2.85. The van der Waals surface area contributed by atoms with Gasteiger partial charge in [0.25, 0.3) is 0 Å². The number of hydrogen-bond acceptors (Lipinski definition) is 2. The van der Waals surface area contributed by atoms with E-state index in [1.54, 1.807) is 0 Å². The van der Waals surface area contributed by atoms with Crippen LogP contribution in [0.25, 0.3) is 0 Å². The molecule has 0 saturated carbocycles. The molecule has 3 heteroatoms. The third-order valence-electron chi connectivity index (χ3n) is 3.53. The summed E-state index contributed by atoms with van der Waals surface area (Å²) in [7, 11) is 0. The summed E-state index contributed by atoms with van der Waals surface area (Å²) in [5, 5.41) is 0. The number of benzene rings is 1. The molecule has 0 aliphatic rings. The summed E-state index contributed by atoms with van der Waals surface area (Å²) >= 11 is 0. The standard InChI is InChI=1S/C17H25N3/c1-17(2,3)9-10-20-13-19-12-16(20)15(18)11-14-7-5-4-6-8-14/h4-8,12-13,15H,9-11,18H2,1-3H3/t15-/m1/s1. The summed E-state index contributed by atoms with van der Waals surface area (Å²) in [6.45, 7) is 7.75. The molecule has 1 atom stereocenters. The summed E-state index contributed by atoms with van der Waals surface area (Å²) in [4.78, 5) is 4.27. The summed E-state index contributed by atoms with van der Waals surface area (Å²) < 4.78 is 2.19. The van der Waals surface area contributed by atoms with Gasteiger partial charge in [-0.2, -0.15) is 0 Å². The van der Waals surface area contributed by atoms with E-state index in [4.69, 9.17) is 5.73 Å². The maximum absolute atomic E-state index is 6.35. The summed E-state index contributed by atoms with van der Waals surface area (Å²) in [5.74, 6) is 0. The van der Waals surface area contributed by atoms with Crippen LogP contribution >= 0.6 is 0 Å². The van der Waals surface area contributed by atoms with Crippen molar-refractivity contribution in [2.24, 2.45) is 11.1 Å². The van der Waals surface area contributed by atoms with E-state index in [2.05, 4.69) is 54.6 Å². The van der Waals surface area contributed by atoms with E-state index in [1.807, 2.05) is 18.6 Å². The van der Waals surface area contributed by atoms with Crippen LogP contribution in [0, 0.1) is 5.41 Å². The van der Waals surface area contributed by atoms with Crippen LogP contribution in [0.2, 0.25) is 0 Å². The van der Waals surface area contributed by atoms with Crippen LogP contribution in [0.3, 0.4) is 0 Å². The highest BCUT2D eigenvalue weighted by atomic mass is 15.1. The monoisotopic (exact) mass is 271 g/mol. The zero-order valence-corrected chi connectivity index (χ0v) is 12.7. The molecular formula is C17H25N3. The minimum atomic E-state index is -0.000122. The first-order valence-corrected chi connectivity index (χ1v) is 7.25. The van der Waals surface area contributed by atoms with Crippen molar-refractivity contribution < 1.29 is 0 Å². The lowest BCUT2D eigenvalue weighted by Crippen LogP contribution is -2.19. The van der Waals surface area contributed by atoms with E-state index in [1.165, 1.54) is 5.56 Å². The van der Waals surface area contributed by atoms with Gasteiger partial charge >= 0.3 is 0 Å². The Hall–Kier alpha value is -1.61. The molecule has 0 amide bonds. The van der Waals surface area contributed by atoms with Crippen LogP contribution in [0.1, 0.15) is 44.5 Å². The second kappa shape index (κ2) is 6.23. The minimum Gasteiger partial charge on any atom is -0.333 e. The molecule has 0 aliphatic heterocycles. The maximum atomic E-state index is 6.35. The highest BCUT2D eigenvalue weighted by Crippen LogP contribution is 2.22. The lowest BCUT2D eigenvalue weighted by molar-refractivity contribution is 0.346. The van der Waals surface area contributed by atoms with Gasteiger partial charge in [0.2, 0.25) is 0 Å². The van der Waals surface area contributed by atoms with Gasteiger partial charge in [-0.05, 0) is 23.8 Å². The van der Waals surface area contributed by atoms with E-state index in [0.29, 0.717) is 5.41 Å². The Morgan fingerprint density at radius 1 is 1.20 bits per heavy atom. The lowest BCUT2D eigenvalue weighted by atomic mass is 9.92. The Labute approximate surface area is 121 Å². The van der Waals surface area contributed by atoms with Crippen molar-refractivity contribution in [3.8, 4) is 0 Å². The molecule has 0 aliphatic carbocycles. The number of rotatable bonds is 5. The summed E-state index contributed by atoms with van der Waals surface area (Å²) in [5.41, 5.74) is 9.07. The van der Waals surface area contributed by atoms with Crippen molar-refractivity contribution in [2.45, 2.75) is 46.2 Å². The maximum Gasteiger partial charge on any atom is 0.0948 e. The van der Waals surface area contributed by atoms with Gasteiger partial charge in [0.1, 0.15) is 0 Å². The predicted octanol–water partition coefficient (Wildman–Crippen LogP) is 3.56. The number of aromatic nitrogens is 2. The first kappa shape index (κ1) is 14.8. The number of imidazole rings is 1. The van der Waals surface area contributed by atoms with Gasteiger partial charge in [0, 0.05) is 12.7 Å². The van der Waals surface area contributed by atoms with Crippen LogP contribution in [-0.4, -0.2) is 9.55 Å². The fourth-order valence-electron chi connectivity index (χ4n) is 2.26. The third-order valence-corrected chi connectivity index (χ3v) is 3.53. The van der Waals surface area contributed by atoms with E-state index in [9.17, 15) is 0 Å². The van der Waals surface area contributed by atoms with Crippen LogP contribution in [0.15, 0.2) is 42.9 Å². The number of hydrogen-bond donors (Lipinski definition) is 1. The molecule has 3 nitrogen and oxygen atoms in total. The van der Waals surface area contributed by atoms with Gasteiger partial charge in [0.05, 0.1) is 18.1 Å².